The first kappa shape index (κ1) is 20.7. The summed E-state index contributed by atoms with van der Waals surface area (Å²) in [6, 6.07) is 2.05. The summed E-state index contributed by atoms with van der Waals surface area (Å²) in [7, 11) is 0. The fourth-order valence-corrected chi connectivity index (χ4v) is 2.91. The number of rotatable bonds is 10. The molecule has 146 valence electrons. The van der Waals surface area contributed by atoms with Gasteiger partial charge in [-0.05, 0) is 12.5 Å². The molecule has 1 aliphatic rings. The van der Waals surface area contributed by atoms with Crippen LogP contribution in [0.5, 0.6) is 0 Å². The Morgan fingerprint density at radius 2 is 1.85 bits per heavy atom. The topological polar surface area (TPSA) is 35.5 Å². The number of carbonyl (C=O) groups excluding carboxylic acids is 1. The van der Waals surface area contributed by atoms with Gasteiger partial charge >= 0.3 is 5.97 Å². The van der Waals surface area contributed by atoms with Crippen LogP contribution in [0.4, 0.5) is 13.2 Å². The number of benzene rings is 1. The van der Waals surface area contributed by atoms with Crippen LogP contribution in [0.3, 0.4) is 0 Å². The number of esters is 1. The van der Waals surface area contributed by atoms with E-state index in [1.807, 2.05) is 6.92 Å². The second-order valence-corrected chi connectivity index (χ2v) is 7.05. The van der Waals surface area contributed by atoms with Crippen LogP contribution < -0.4 is 0 Å². The first-order valence-electron chi connectivity index (χ1n) is 9.36. The van der Waals surface area contributed by atoms with Crippen LogP contribution in [-0.4, -0.2) is 18.2 Å². The van der Waals surface area contributed by atoms with E-state index in [1.54, 1.807) is 0 Å². The maximum atomic E-state index is 13.6. The van der Waals surface area contributed by atoms with Gasteiger partial charge in [-0.2, -0.15) is 0 Å². The van der Waals surface area contributed by atoms with Crippen molar-refractivity contribution in [3.63, 3.8) is 0 Å². The second-order valence-electron chi connectivity index (χ2n) is 7.05. The molecule has 1 unspecified atom stereocenters. The number of carbonyl (C=O) groups is 1. The Labute approximate surface area is 152 Å². The van der Waals surface area contributed by atoms with Crippen molar-refractivity contribution in [3.8, 4) is 0 Å². The van der Waals surface area contributed by atoms with E-state index in [4.69, 9.17) is 9.47 Å². The average molecular weight is 372 g/mol. The largest absolute Gasteiger partial charge is 0.462 e. The first-order chi connectivity index (χ1) is 12.4. The summed E-state index contributed by atoms with van der Waals surface area (Å²) in [5.74, 6) is -4.21. The van der Waals surface area contributed by atoms with E-state index >= 15 is 0 Å². The van der Waals surface area contributed by atoms with Crippen LogP contribution in [0.2, 0.25) is 0 Å². The third-order valence-corrected chi connectivity index (χ3v) is 4.82. The van der Waals surface area contributed by atoms with E-state index in [2.05, 4.69) is 6.92 Å². The number of halogens is 3. The van der Waals surface area contributed by atoms with Crippen LogP contribution in [0, 0.1) is 23.4 Å². The summed E-state index contributed by atoms with van der Waals surface area (Å²) < 4.78 is 50.5. The standard InChI is InChI=1S/C20H27F3O3/c1-3-4-5-6-7-13(2)20(24)26-16-10-15(11-16)25-12-14-8-9-17(21)19(23)18(14)22/h8-9,13,15-16H,3-7,10-12H2,1-2H3. The molecule has 0 aliphatic heterocycles. The Bertz CT molecular complexity index is 600. The molecule has 0 N–H and O–H groups in total. The van der Waals surface area contributed by atoms with Crippen molar-refractivity contribution in [1.29, 1.82) is 0 Å². The Morgan fingerprint density at radius 3 is 2.54 bits per heavy atom. The van der Waals surface area contributed by atoms with Gasteiger partial charge in [0.15, 0.2) is 17.5 Å². The van der Waals surface area contributed by atoms with Gasteiger partial charge in [-0.1, -0.05) is 45.6 Å². The molecule has 0 heterocycles. The summed E-state index contributed by atoms with van der Waals surface area (Å²) in [4.78, 5) is 12.0. The quantitative estimate of drug-likeness (QED) is 0.318. The highest BCUT2D eigenvalue weighted by atomic mass is 19.2. The van der Waals surface area contributed by atoms with Crippen LogP contribution in [-0.2, 0) is 20.9 Å². The zero-order valence-corrected chi connectivity index (χ0v) is 15.4. The number of ether oxygens (including phenoxy) is 2. The molecule has 1 aliphatic carbocycles. The Kier molecular flexibility index (Phi) is 7.94. The molecule has 3 nitrogen and oxygen atoms in total. The third kappa shape index (κ3) is 5.73. The van der Waals surface area contributed by atoms with Crippen LogP contribution in [0.1, 0.15) is 64.4 Å². The van der Waals surface area contributed by atoms with Gasteiger partial charge in [0.1, 0.15) is 6.10 Å². The van der Waals surface area contributed by atoms with Crippen molar-refractivity contribution in [2.45, 2.75) is 77.6 Å². The average Bonchev–Trinajstić information content (AvgIpc) is 2.59. The SMILES string of the molecule is CCCCCCC(C)C(=O)OC1CC(OCc2ccc(F)c(F)c2F)C1. The van der Waals surface area contributed by atoms with Crippen molar-refractivity contribution in [3.05, 3.63) is 35.1 Å². The molecular weight excluding hydrogens is 345 g/mol. The van der Waals surface area contributed by atoms with Crippen molar-refractivity contribution in [1.82, 2.24) is 0 Å². The van der Waals surface area contributed by atoms with Gasteiger partial charge in [-0.15, -0.1) is 0 Å². The van der Waals surface area contributed by atoms with Crippen LogP contribution in [0.15, 0.2) is 12.1 Å². The summed E-state index contributed by atoms with van der Waals surface area (Å²) >= 11 is 0. The monoisotopic (exact) mass is 372 g/mol. The molecular formula is C20H27F3O3. The molecule has 26 heavy (non-hydrogen) atoms. The summed E-state index contributed by atoms with van der Waals surface area (Å²) in [5, 5.41) is 0. The van der Waals surface area contributed by atoms with Gasteiger partial charge in [0.05, 0.1) is 18.6 Å². The molecule has 1 aromatic carbocycles. The zero-order valence-electron chi connectivity index (χ0n) is 15.4. The molecule has 0 aromatic heterocycles. The minimum atomic E-state index is -1.49. The third-order valence-electron chi connectivity index (χ3n) is 4.82. The molecule has 1 atom stereocenters. The van der Waals surface area contributed by atoms with E-state index in [0.717, 1.165) is 31.7 Å². The molecule has 0 amide bonds. The molecule has 6 heteroatoms. The first-order valence-corrected chi connectivity index (χ1v) is 9.36. The predicted molar refractivity (Wildman–Crippen MR) is 91.9 cm³/mol. The van der Waals surface area contributed by atoms with Gasteiger partial charge < -0.3 is 9.47 Å². The van der Waals surface area contributed by atoms with E-state index in [0.29, 0.717) is 12.8 Å². The molecule has 0 bridgehead atoms. The van der Waals surface area contributed by atoms with Crippen molar-refractivity contribution >= 4 is 5.97 Å². The van der Waals surface area contributed by atoms with Crippen molar-refractivity contribution in [2.24, 2.45) is 5.92 Å². The second kappa shape index (κ2) is 9.95. The molecule has 0 spiro atoms. The lowest BCUT2D eigenvalue weighted by Crippen LogP contribution is -2.39. The molecule has 1 aromatic rings. The fraction of sp³-hybridized carbons (Fsp3) is 0.650. The summed E-state index contributed by atoms with van der Waals surface area (Å²) in [6.45, 7) is 3.89. The number of hydrogen-bond acceptors (Lipinski definition) is 3. The normalized spacial score (nSPS) is 20.5. The van der Waals surface area contributed by atoms with Gasteiger partial charge in [0.25, 0.3) is 0 Å². The van der Waals surface area contributed by atoms with E-state index in [-0.39, 0.29) is 36.3 Å². The molecule has 1 fully saturated rings. The smallest absolute Gasteiger partial charge is 0.308 e. The van der Waals surface area contributed by atoms with Crippen LogP contribution >= 0.6 is 0 Å². The molecule has 1 saturated carbocycles. The number of hydrogen-bond donors (Lipinski definition) is 0. The lowest BCUT2D eigenvalue weighted by atomic mass is 9.91. The minimum absolute atomic E-state index is 0.0231. The summed E-state index contributed by atoms with van der Waals surface area (Å²) in [5.41, 5.74) is -0.0231. The van der Waals surface area contributed by atoms with E-state index < -0.39 is 17.5 Å². The predicted octanol–water partition coefficient (Wildman–Crippen LogP) is 5.30. The Balaban J connectivity index is 1.65. The van der Waals surface area contributed by atoms with Gasteiger partial charge in [0.2, 0.25) is 0 Å². The van der Waals surface area contributed by atoms with E-state index in [9.17, 15) is 18.0 Å². The maximum absolute atomic E-state index is 13.6. The van der Waals surface area contributed by atoms with Gasteiger partial charge in [-0.3, -0.25) is 4.79 Å². The highest BCUT2D eigenvalue weighted by Gasteiger charge is 2.34. The van der Waals surface area contributed by atoms with Crippen molar-refractivity contribution in [2.75, 3.05) is 0 Å². The zero-order chi connectivity index (χ0) is 19.1. The van der Waals surface area contributed by atoms with Crippen molar-refractivity contribution < 1.29 is 27.4 Å². The number of unbranched alkanes of at least 4 members (excludes halogenated alkanes) is 3. The van der Waals surface area contributed by atoms with Gasteiger partial charge in [-0.25, -0.2) is 13.2 Å². The Hall–Kier alpha value is -1.56. The van der Waals surface area contributed by atoms with Gasteiger partial charge in [0, 0.05) is 18.4 Å². The van der Waals surface area contributed by atoms with Crippen LogP contribution in [0.25, 0.3) is 0 Å². The molecule has 0 radical (unpaired) electrons. The summed E-state index contributed by atoms with van der Waals surface area (Å²) in [6.07, 6.45) is 6.08. The maximum Gasteiger partial charge on any atom is 0.308 e. The highest BCUT2D eigenvalue weighted by molar-refractivity contribution is 5.72. The van der Waals surface area contributed by atoms with E-state index in [1.165, 1.54) is 12.5 Å². The molecule has 0 saturated heterocycles. The Morgan fingerprint density at radius 1 is 1.12 bits per heavy atom. The molecule has 2 rings (SSSR count). The lowest BCUT2D eigenvalue weighted by molar-refractivity contribution is -0.167. The highest BCUT2D eigenvalue weighted by Crippen LogP contribution is 2.29. The fourth-order valence-electron chi connectivity index (χ4n) is 2.91. The lowest BCUT2D eigenvalue weighted by Gasteiger charge is -2.35. The minimum Gasteiger partial charge on any atom is -0.462 e.